The van der Waals surface area contributed by atoms with Crippen LogP contribution in [0.4, 0.5) is 0 Å². The van der Waals surface area contributed by atoms with Crippen molar-refractivity contribution in [1.82, 2.24) is 29.4 Å². The van der Waals surface area contributed by atoms with Gasteiger partial charge in [-0.05, 0) is 19.1 Å². The van der Waals surface area contributed by atoms with Crippen molar-refractivity contribution in [2.45, 2.75) is 13.5 Å². The predicted molar refractivity (Wildman–Crippen MR) is 123 cm³/mol. The number of aromatic amines is 2. The van der Waals surface area contributed by atoms with Crippen LogP contribution in [0.5, 0.6) is 11.5 Å². The number of nitrogens with zero attached hydrogens (tertiary/aromatic N) is 4. The molecule has 12 heteroatoms. The minimum Gasteiger partial charge on any atom is -0.493 e. The van der Waals surface area contributed by atoms with Gasteiger partial charge in [0.2, 0.25) is 0 Å². The van der Waals surface area contributed by atoms with Crippen LogP contribution in [0.25, 0.3) is 21.9 Å². The number of amides is 1. The summed E-state index contributed by atoms with van der Waals surface area (Å²) >= 11 is 0. The molecule has 0 atom stereocenters. The van der Waals surface area contributed by atoms with E-state index in [1.165, 1.54) is 49.1 Å². The molecular formula is C22H22N6O6. The Labute approximate surface area is 191 Å². The third-order valence-corrected chi connectivity index (χ3v) is 5.47. The number of carbonyl (C=O) groups is 1. The standard InChI is InChI=1S/C22H22N6O6/c1-5-28(21(31)11-6-13-18(23-9-11)27(2)22(32)26-20(13)30)10-17-24-14-8-16(34-4)15(33-3)7-12(14)19(29)25-17/h6-9H,5,10H2,1-4H3,(H,24,25,29)(H,26,30,32). The molecule has 1 aromatic carbocycles. The number of benzene rings is 1. The number of methoxy groups -OCH3 is 2. The summed E-state index contributed by atoms with van der Waals surface area (Å²) in [5, 5.41) is 0.432. The molecule has 0 aliphatic carbocycles. The van der Waals surface area contributed by atoms with Gasteiger partial charge < -0.3 is 19.4 Å². The fourth-order valence-electron chi connectivity index (χ4n) is 3.63. The molecule has 0 saturated carbocycles. The molecule has 0 aliphatic heterocycles. The molecule has 34 heavy (non-hydrogen) atoms. The lowest BCUT2D eigenvalue weighted by Crippen LogP contribution is -2.33. The van der Waals surface area contributed by atoms with Crippen LogP contribution in [0.2, 0.25) is 0 Å². The van der Waals surface area contributed by atoms with Crippen molar-refractivity contribution in [2.75, 3.05) is 20.8 Å². The van der Waals surface area contributed by atoms with E-state index in [0.717, 1.165) is 0 Å². The Morgan fingerprint density at radius 1 is 1.03 bits per heavy atom. The van der Waals surface area contributed by atoms with E-state index in [1.54, 1.807) is 13.0 Å². The molecule has 1 amide bonds. The number of nitrogens with one attached hydrogen (secondary N) is 2. The Balaban J connectivity index is 1.70. The number of fused-ring (bicyclic) bond motifs is 2. The summed E-state index contributed by atoms with van der Waals surface area (Å²) in [6, 6.07) is 4.52. The Morgan fingerprint density at radius 2 is 1.71 bits per heavy atom. The minimum atomic E-state index is -0.631. The lowest BCUT2D eigenvalue weighted by atomic mass is 10.2. The second kappa shape index (κ2) is 8.81. The molecule has 3 heterocycles. The quantitative estimate of drug-likeness (QED) is 0.418. The molecule has 0 unspecified atom stereocenters. The zero-order chi connectivity index (χ0) is 24.6. The second-order valence-electron chi connectivity index (χ2n) is 7.47. The van der Waals surface area contributed by atoms with Crippen molar-refractivity contribution in [3.8, 4) is 11.5 Å². The minimum absolute atomic E-state index is 0.0104. The van der Waals surface area contributed by atoms with Gasteiger partial charge in [0.25, 0.3) is 17.0 Å². The van der Waals surface area contributed by atoms with E-state index >= 15 is 0 Å². The highest BCUT2D eigenvalue weighted by atomic mass is 16.5. The highest BCUT2D eigenvalue weighted by Gasteiger charge is 2.19. The van der Waals surface area contributed by atoms with Crippen molar-refractivity contribution in [3.63, 3.8) is 0 Å². The normalized spacial score (nSPS) is 11.1. The van der Waals surface area contributed by atoms with E-state index in [9.17, 15) is 19.2 Å². The lowest BCUT2D eigenvalue weighted by molar-refractivity contribution is 0.0748. The Bertz CT molecular complexity index is 1600. The topological polar surface area (TPSA) is 152 Å². The van der Waals surface area contributed by atoms with E-state index in [-0.39, 0.29) is 34.5 Å². The van der Waals surface area contributed by atoms with Crippen LogP contribution >= 0.6 is 0 Å². The molecule has 2 N–H and O–H groups in total. The number of aromatic nitrogens is 5. The molecule has 0 bridgehead atoms. The number of rotatable bonds is 6. The summed E-state index contributed by atoms with van der Waals surface area (Å²) in [7, 11) is 4.43. The first kappa shape index (κ1) is 22.7. The van der Waals surface area contributed by atoms with Gasteiger partial charge in [0, 0.05) is 25.9 Å². The highest BCUT2D eigenvalue weighted by Crippen LogP contribution is 2.30. The summed E-state index contributed by atoms with van der Waals surface area (Å²) in [6.45, 7) is 2.08. The molecule has 12 nitrogen and oxygen atoms in total. The maximum Gasteiger partial charge on any atom is 0.329 e. The Kier molecular flexibility index (Phi) is 5.88. The van der Waals surface area contributed by atoms with Crippen molar-refractivity contribution in [1.29, 1.82) is 0 Å². The zero-order valence-electron chi connectivity index (χ0n) is 19.0. The summed E-state index contributed by atoms with van der Waals surface area (Å²) < 4.78 is 11.7. The maximum atomic E-state index is 13.2. The Hall–Kier alpha value is -4.48. The molecule has 0 spiro atoms. The first-order chi connectivity index (χ1) is 16.3. The first-order valence-electron chi connectivity index (χ1n) is 10.3. The first-order valence-corrected chi connectivity index (χ1v) is 10.3. The number of hydrogen-bond acceptors (Lipinski definition) is 8. The molecule has 0 saturated heterocycles. The van der Waals surface area contributed by atoms with Crippen molar-refractivity contribution in [2.24, 2.45) is 7.05 Å². The number of H-pyrrole nitrogens is 2. The van der Waals surface area contributed by atoms with Crippen molar-refractivity contribution >= 4 is 27.8 Å². The van der Waals surface area contributed by atoms with Crippen LogP contribution in [0.3, 0.4) is 0 Å². The molecule has 4 rings (SSSR count). The van der Waals surface area contributed by atoms with Gasteiger partial charge >= 0.3 is 5.69 Å². The summed E-state index contributed by atoms with van der Waals surface area (Å²) in [5.74, 6) is 0.676. The van der Waals surface area contributed by atoms with Gasteiger partial charge in [-0.15, -0.1) is 0 Å². The van der Waals surface area contributed by atoms with Gasteiger partial charge in [-0.1, -0.05) is 0 Å². The van der Waals surface area contributed by atoms with Gasteiger partial charge in [0.15, 0.2) is 11.5 Å². The summed E-state index contributed by atoms with van der Waals surface area (Å²) in [4.78, 5) is 64.7. The molecule has 176 valence electrons. The number of hydrogen-bond donors (Lipinski definition) is 2. The number of ether oxygens (including phenoxy) is 2. The average Bonchev–Trinajstić information content (AvgIpc) is 2.84. The van der Waals surface area contributed by atoms with E-state index in [0.29, 0.717) is 28.9 Å². The van der Waals surface area contributed by atoms with Crippen LogP contribution in [-0.2, 0) is 13.6 Å². The third kappa shape index (κ3) is 3.89. The molecule has 0 aliphatic rings. The van der Waals surface area contributed by atoms with Crippen LogP contribution in [0.1, 0.15) is 23.1 Å². The van der Waals surface area contributed by atoms with Gasteiger partial charge in [-0.3, -0.25) is 23.9 Å². The average molecular weight is 466 g/mol. The van der Waals surface area contributed by atoms with Gasteiger partial charge in [-0.25, -0.2) is 14.8 Å². The summed E-state index contributed by atoms with van der Waals surface area (Å²) in [6.07, 6.45) is 1.31. The third-order valence-electron chi connectivity index (χ3n) is 5.47. The van der Waals surface area contributed by atoms with Crippen molar-refractivity contribution < 1.29 is 14.3 Å². The molecule has 0 fully saturated rings. The maximum absolute atomic E-state index is 13.2. The molecule has 4 aromatic rings. The number of carbonyl (C=O) groups excluding carboxylic acids is 1. The van der Waals surface area contributed by atoms with E-state index in [2.05, 4.69) is 19.9 Å². The van der Waals surface area contributed by atoms with Crippen LogP contribution < -0.4 is 26.3 Å². The molecular weight excluding hydrogens is 444 g/mol. The monoisotopic (exact) mass is 466 g/mol. The molecule has 0 radical (unpaired) electrons. The fraction of sp³-hybridized carbons (Fsp3) is 0.273. The van der Waals surface area contributed by atoms with Crippen LogP contribution in [0.15, 0.2) is 38.8 Å². The smallest absolute Gasteiger partial charge is 0.329 e. The lowest BCUT2D eigenvalue weighted by Gasteiger charge is -2.20. The summed E-state index contributed by atoms with van der Waals surface area (Å²) in [5.41, 5.74) is -0.900. The van der Waals surface area contributed by atoms with Gasteiger partial charge in [-0.2, -0.15) is 0 Å². The number of aryl methyl sites for hydroxylation is 1. The van der Waals surface area contributed by atoms with Crippen molar-refractivity contribution in [3.05, 3.63) is 67.0 Å². The SMILES string of the molecule is CCN(Cc1nc2cc(OC)c(OC)cc2c(=O)[nH]1)C(=O)c1cnc2c(c1)c(=O)[nH]c(=O)n2C. The highest BCUT2D eigenvalue weighted by molar-refractivity contribution is 5.96. The van der Waals surface area contributed by atoms with Gasteiger partial charge in [0.05, 0.1) is 42.6 Å². The number of pyridine rings is 1. The second-order valence-corrected chi connectivity index (χ2v) is 7.47. The van der Waals surface area contributed by atoms with Crippen LogP contribution in [-0.4, -0.2) is 56.1 Å². The van der Waals surface area contributed by atoms with Gasteiger partial charge in [0.1, 0.15) is 11.5 Å². The fourth-order valence-corrected chi connectivity index (χ4v) is 3.63. The molecule has 3 aromatic heterocycles. The van der Waals surface area contributed by atoms with E-state index < -0.39 is 17.2 Å². The largest absolute Gasteiger partial charge is 0.493 e. The predicted octanol–water partition coefficient (Wildman–Crippen LogP) is 0.538. The van der Waals surface area contributed by atoms with Crippen LogP contribution in [0, 0.1) is 0 Å². The van der Waals surface area contributed by atoms with E-state index in [1.807, 2.05) is 0 Å². The van der Waals surface area contributed by atoms with E-state index in [4.69, 9.17) is 9.47 Å². The zero-order valence-corrected chi connectivity index (χ0v) is 19.0. The Morgan fingerprint density at radius 3 is 2.38 bits per heavy atom.